The Balaban J connectivity index is 2.69. The Morgan fingerprint density at radius 2 is 2.05 bits per heavy atom. The second-order valence-electron chi connectivity index (χ2n) is 4.91. The molecule has 2 N–H and O–H groups in total. The van der Waals surface area contributed by atoms with Gasteiger partial charge in [-0.2, -0.15) is 0 Å². The SMILES string of the molecule is Cc1ccc(OCC(=O)OC(C)C)c(CC(C)N)n1. The number of nitrogens with zero attached hydrogens (tertiary/aromatic N) is 1. The zero-order valence-corrected chi connectivity index (χ0v) is 12.0. The van der Waals surface area contributed by atoms with Crippen molar-refractivity contribution in [1.29, 1.82) is 0 Å². The first-order valence-corrected chi connectivity index (χ1v) is 6.43. The van der Waals surface area contributed by atoms with E-state index < -0.39 is 0 Å². The quantitative estimate of drug-likeness (QED) is 0.792. The summed E-state index contributed by atoms with van der Waals surface area (Å²) in [6.07, 6.45) is 0.465. The van der Waals surface area contributed by atoms with Gasteiger partial charge in [-0.1, -0.05) is 0 Å². The normalized spacial score (nSPS) is 12.3. The predicted molar refractivity (Wildman–Crippen MR) is 73.1 cm³/mol. The zero-order valence-electron chi connectivity index (χ0n) is 12.0. The third-order valence-corrected chi connectivity index (χ3v) is 2.30. The molecule has 1 unspecified atom stereocenters. The van der Waals surface area contributed by atoms with Gasteiger partial charge in [-0.3, -0.25) is 4.98 Å². The number of pyridine rings is 1. The summed E-state index contributed by atoms with van der Waals surface area (Å²) < 4.78 is 10.5. The number of aromatic nitrogens is 1. The van der Waals surface area contributed by atoms with Crippen LogP contribution in [0.2, 0.25) is 0 Å². The fourth-order valence-electron chi connectivity index (χ4n) is 1.61. The number of ether oxygens (including phenoxy) is 2. The molecule has 1 aromatic rings. The standard InChI is InChI=1S/C14H22N2O3/c1-9(2)19-14(17)8-18-13-6-5-11(4)16-12(13)7-10(3)15/h5-6,9-10H,7-8,15H2,1-4H3. The molecular weight excluding hydrogens is 244 g/mol. The molecule has 0 aliphatic carbocycles. The van der Waals surface area contributed by atoms with Gasteiger partial charge in [-0.05, 0) is 39.8 Å². The Labute approximate surface area is 114 Å². The van der Waals surface area contributed by atoms with Crippen LogP contribution in [-0.4, -0.2) is 29.7 Å². The van der Waals surface area contributed by atoms with Crippen molar-refractivity contribution >= 4 is 5.97 Å². The summed E-state index contributed by atoms with van der Waals surface area (Å²) in [6.45, 7) is 7.29. The molecule has 5 nitrogen and oxygen atoms in total. The van der Waals surface area contributed by atoms with Crippen molar-refractivity contribution in [3.8, 4) is 5.75 Å². The molecule has 19 heavy (non-hydrogen) atoms. The molecule has 0 saturated heterocycles. The summed E-state index contributed by atoms with van der Waals surface area (Å²) in [5, 5.41) is 0. The van der Waals surface area contributed by atoms with Crippen LogP contribution in [0.4, 0.5) is 0 Å². The molecule has 0 fully saturated rings. The monoisotopic (exact) mass is 266 g/mol. The van der Waals surface area contributed by atoms with Gasteiger partial charge in [0.05, 0.1) is 11.8 Å². The van der Waals surface area contributed by atoms with Crippen LogP contribution in [0.5, 0.6) is 5.75 Å². The van der Waals surface area contributed by atoms with E-state index >= 15 is 0 Å². The smallest absolute Gasteiger partial charge is 0.344 e. The second-order valence-corrected chi connectivity index (χ2v) is 4.91. The van der Waals surface area contributed by atoms with Crippen LogP contribution in [-0.2, 0) is 16.0 Å². The van der Waals surface area contributed by atoms with Crippen LogP contribution in [0.15, 0.2) is 12.1 Å². The van der Waals surface area contributed by atoms with Crippen LogP contribution < -0.4 is 10.5 Å². The summed E-state index contributed by atoms with van der Waals surface area (Å²) in [7, 11) is 0. The predicted octanol–water partition coefficient (Wildman–Crippen LogP) is 1.61. The maximum Gasteiger partial charge on any atom is 0.344 e. The van der Waals surface area contributed by atoms with E-state index in [0.29, 0.717) is 12.2 Å². The average Bonchev–Trinajstić information content (AvgIpc) is 2.26. The summed E-state index contributed by atoms with van der Waals surface area (Å²) in [6, 6.07) is 3.63. The van der Waals surface area contributed by atoms with Crippen molar-refractivity contribution in [2.45, 2.75) is 46.3 Å². The van der Waals surface area contributed by atoms with E-state index in [1.165, 1.54) is 0 Å². The number of carbonyl (C=O) groups is 1. The number of aryl methyl sites for hydroxylation is 1. The number of hydrogen-bond acceptors (Lipinski definition) is 5. The van der Waals surface area contributed by atoms with Crippen LogP contribution in [0.25, 0.3) is 0 Å². The highest BCUT2D eigenvalue weighted by atomic mass is 16.6. The molecule has 0 aromatic carbocycles. The van der Waals surface area contributed by atoms with Gasteiger partial charge in [-0.15, -0.1) is 0 Å². The molecule has 0 aliphatic rings. The van der Waals surface area contributed by atoms with Crippen molar-refractivity contribution in [1.82, 2.24) is 4.98 Å². The van der Waals surface area contributed by atoms with Crippen molar-refractivity contribution < 1.29 is 14.3 Å². The van der Waals surface area contributed by atoms with E-state index in [4.69, 9.17) is 15.2 Å². The topological polar surface area (TPSA) is 74.4 Å². The van der Waals surface area contributed by atoms with Gasteiger partial charge in [0.15, 0.2) is 6.61 Å². The Hall–Kier alpha value is -1.62. The average molecular weight is 266 g/mol. The largest absolute Gasteiger partial charge is 0.480 e. The molecule has 5 heteroatoms. The van der Waals surface area contributed by atoms with E-state index in [1.54, 1.807) is 13.8 Å². The Bertz CT molecular complexity index is 431. The van der Waals surface area contributed by atoms with Gasteiger partial charge in [-0.25, -0.2) is 4.79 Å². The lowest BCUT2D eigenvalue weighted by Crippen LogP contribution is -2.21. The van der Waals surface area contributed by atoms with E-state index in [1.807, 2.05) is 26.0 Å². The first-order valence-electron chi connectivity index (χ1n) is 6.43. The number of hydrogen-bond donors (Lipinski definition) is 1. The molecule has 0 radical (unpaired) electrons. The number of esters is 1. The highest BCUT2D eigenvalue weighted by molar-refractivity contribution is 5.71. The summed E-state index contributed by atoms with van der Waals surface area (Å²) >= 11 is 0. The van der Waals surface area contributed by atoms with E-state index in [2.05, 4.69) is 4.98 Å². The molecule has 0 saturated carbocycles. The Kier molecular flexibility index (Phi) is 5.76. The molecule has 1 heterocycles. The van der Waals surface area contributed by atoms with Gasteiger partial charge in [0.1, 0.15) is 5.75 Å². The molecule has 1 atom stereocenters. The van der Waals surface area contributed by atoms with Crippen molar-refractivity contribution in [3.63, 3.8) is 0 Å². The van der Waals surface area contributed by atoms with Crippen LogP contribution >= 0.6 is 0 Å². The minimum Gasteiger partial charge on any atom is -0.480 e. The lowest BCUT2D eigenvalue weighted by Gasteiger charge is -2.13. The van der Waals surface area contributed by atoms with Gasteiger partial charge in [0.25, 0.3) is 0 Å². The molecule has 1 aromatic heterocycles. The minimum absolute atomic E-state index is 0.0146. The lowest BCUT2D eigenvalue weighted by molar-refractivity contribution is -0.149. The highest BCUT2D eigenvalue weighted by Crippen LogP contribution is 2.18. The first kappa shape index (κ1) is 15.4. The van der Waals surface area contributed by atoms with Crippen LogP contribution in [0.3, 0.4) is 0 Å². The lowest BCUT2D eigenvalue weighted by atomic mass is 10.1. The van der Waals surface area contributed by atoms with E-state index in [0.717, 1.165) is 11.4 Å². The zero-order chi connectivity index (χ0) is 14.4. The van der Waals surface area contributed by atoms with Gasteiger partial charge in [0, 0.05) is 18.2 Å². The number of nitrogens with two attached hydrogens (primary N) is 1. The molecule has 0 aliphatic heterocycles. The molecular formula is C14H22N2O3. The minimum atomic E-state index is -0.387. The fraction of sp³-hybridized carbons (Fsp3) is 0.571. The van der Waals surface area contributed by atoms with E-state index in [9.17, 15) is 4.79 Å². The fourth-order valence-corrected chi connectivity index (χ4v) is 1.61. The summed E-state index contributed by atoms with van der Waals surface area (Å²) in [4.78, 5) is 15.8. The summed E-state index contributed by atoms with van der Waals surface area (Å²) in [5.41, 5.74) is 7.44. The van der Waals surface area contributed by atoms with Crippen molar-refractivity contribution in [2.24, 2.45) is 5.73 Å². The molecule has 0 amide bonds. The van der Waals surface area contributed by atoms with Gasteiger partial charge >= 0.3 is 5.97 Å². The Morgan fingerprint density at radius 1 is 1.37 bits per heavy atom. The van der Waals surface area contributed by atoms with Gasteiger partial charge in [0.2, 0.25) is 0 Å². The molecule has 1 rings (SSSR count). The van der Waals surface area contributed by atoms with Crippen LogP contribution in [0.1, 0.15) is 32.2 Å². The number of carbonyl (C=O) groups excluding carboxylic acids is 1. The van der Waals surface area contributed by atoms with Crippen molar-refractivity contribution in [2.75, 3.05) is 6.61 Å². The first-order chi connectivity index (χ1) is 8.88. The third-order valence-electron chi connectivity index (χ3n) is 2.30. The maximum absolute atomic E-state index is 11.4. The molecule has 106 valence electrons. The second kappa shape index (κ2) is 7.09. The highest BCUT2D eigenvalue weighted by Gasteiger charge is 2.11. The maximum atomic E-state index is 11.4. The summed E-state index contributed by atoms with van der Waals surface area (Å²) in [5.74, 6) is 0.200. The molecule has 0 bridgehead atoms. The van der Waals surface area contributed by atoms with Gasteiger partial charge < -0.3 is 15.2 Å². The third kappa shape index (κ3) is 5.70. The molecule has 0 spiro atoms. The van der Waals surface area contributed by atoms with E-state index in [-0.39, 0.29) is 24.7 Å². The van der Waals surface area contributed by atoms with Crippen LogP contribution in [0, 0.1) is 6.92 Å². The number of rotatable bonds is 6. The van der Waals surface area contributed by atoms with Crippen molar-refractivity contribution in [3.05, 3.63) is 23.5 Å². The Morgan fingerprint density at radius 3 is 2.63 bits per heavy atom.